The highest BCUT2D eigenvalue weighted by Crippen LogP contribution is 2.27. The van der Waals surface area contributed by atoms with E-state index in [2.05, 4.69) is 9.97 Å². The van der Waals surface area contributed by atoms with Crippen molar-refractivity contribution >= 4 is 28.7 Å². The Bertz CT molecular complexity index is 480. The molecule has 1 aliphatic rings. The van der Waals surface area contributed by atoms with Gasteiger partial charge < -0.3 is 4.74 Å². The fraction of sp³-hybridized carbons (Fsp3) is 0.455. The van der Waals surface area contributed by atoms with Gasteiger partial charge in [0.25, 0.3) is 0 Å². The number of nitrogens with zero attached hydrogens (tertiary/aromatic N) is 3. The Morgan fingerprint density at radius 3 is 3.06 bits per heavy atom. The summed E-state index contributed by atoms with van der Waals surface area (Å²) >= 11 is 1.19. The zero-order valence-corrected chi connectivity index (χ0v) is 10.9. The fourth-order valence-corrected chi connectivity index (χ4v) is 2.68. The van der Waals surface area contributed by atoms with Crippen molar-refractivity contribution < 1.29 is 14.3 Å². The van der Waals surface area contributed by atoms with Gasteiger partial charge in [-0.05, 0) is 0 Å². The summed E-state index contributed by atoms with van der Waals surface area (Å²) in [4.78, 5) is 32.5. The van der Waals surface area contributed by atoms with Crippen LogP contribution in [-0.4, -0.2) is 39.9 Å². The van der Waals surface area contributed by atoms with Crippen molar-refractivity contribution in [2.75, 3.05) is 18.6 Å². The number of carbonyl (C=O) groups excluding carboxylic acids is 2. The minimum absolute atomic E-state index is 0.0150. The Morgan fingerprint density at radius 1 is 1.61 bits per heavy atom. The van der Waals surface area contributed by atoms with E-state index in [4.69, 9.17) is 4.74 Å². The number of hydrogen-bond donors (Lipinski definition) is 0. The lowest BCUT2D eigenvalue weighted by Crippen LogP contribution is -2.27. The third-order valence-electron chi connectivity index (χ3n) is 2.49. The normalized spacial score (nSPS) is 19.1. The molecule has 0 saturated carbocycles. The Labute approximate surface area is 109 Å². The van der Waals surface area contributed by atoms with Crippen molar-refractivity contribution in [3.8, 4) is 5.88 Å². The molecule has 1 aromatic heterocycles. The summed E-state index contributed by atoms with van der Waals surface area (Å²) in [7, 11) is 1.51. The molecule has 1 unspecified atom stereocenters. The minimum Gasteiger partial charge on any atom is -0.481 e. The number of methoxy groups -OCH3 is 1. The second-order valence-electron chi connectivity index (χ2n) is 3.84. The zero-order valence-electron chi connectivity index (χ0n) is 10.1. The van der Waals surface area contributed by atoms with Crippen LogP contribution in [0.4, 0.5) is 5.95 Å². The Balaban J connectivity index is 2.13. The lowest BCUT2D eigenvalue weighted by atomic mass is 10.4. The molecule has 0 bridgehead atoms. The average Bonchev–Trinajstić information content (AvgIpc) is 2.69. The highest BCUT2D eigenvalue weighted by molar-refractivity contribution is 8.14. The van der Waals surface area contributed by atoms with Crippen LogP contribution >= 0.6 is 11.8 Å². The van der Waals surface area contributed by atoms with Crippen molar-refractivity contribution in [3.05, 3.63) is 12.3 Å². The van der Waals surface area contributed by atoms with E-state index < -0.39 is 0 Å². The Hall–Kier alpha value is -1.63. The maximum atomic E-state index is 11.8. The molecule has 1 saturated heterocycles. The molecule has 0 radical (unpaired) electrons. The molecule has 0 aliphatic carbocycles. The molecule has 1 aromatic rings. The van der Waals surface area contributed by atoms with E-state index in [0.29, 0.717) is 24.8 Å². The molecular formula is C11H13N3O3S. The molecule has 96 valence electrons. The summed E-state index contributed by atoms with van der Waals surface area (Å²) in [5, 5.41) is -0.00832. The number of aromatic nitrogens is 2. The van der Waals surface area contributed by atoms with Gasteiger partial charge in [0.2, 0.25) is 17.7 Å². The first kappa shape index (κ1) is 12.8. The van der Waals surface area contributed by atoms with E-state index in [9.17, 15) is 9.59 Å². The van der Waals surface area contributed by atoms with Crippen LogP contribution in [0.2, 0.25) is 0 Å². The second-order valence-corrected chi connectivity index (χ2v) is 5.32. The topological polar surface area (TPSA) is 72.4 Å². The van der Waals surface area contributed by atoms with Crippen molar-refractivity contribution in [1.82, 2.24) is 9.97 Å². The summed E-state index contributed by atoms with van der Waals surface area (Å²) in [6.45, 7) is 1.95. The number of rotatable bonds is 3. The standard InChI is InChI=1S/C11H13N3O3S/c1-7(15)18-8-5-10(16)14(6-8)11-12-4-3-9(13-11)17-2/h3-4,8H,5-6H2,1-2H3. The highest BCUT2D eigenvalue weighted by atomic mass is 32.2. The third-order valence-corrected chi connectivity index (χ3v) is 3.47. The summed E-state index contributed by atoms with van der Waals surface area (Å²) in [6, 6.07) is 1.62. The van der Waals surface area contributed by atoms with Gasteiger partial charge in [0, 0.05) is 37.4 Å². The van der Waals surface area contributed by atoms with Crippen molar-refractivity contribution in [3.63, 3.8) is 0 Å². The molecule has 1 aliphatic heterocycles. The fourth-order valence-electron chi connectivity index (χ4n) is 1.76. The first-order chi connectivity index (χ1) is 8.60. The van der Waals surface area contributed by atoms with Gasteiger partial charge in [-0.25, -0.2) is 4.98 Å². The monoisotopic (exact) mass is 267 g/mol. The molecule has 1 amide bonds. The van der Waals surface area contributed by atoms with Gasteiger partial charge in [-0.2, -0.15) is 4.98 Å². The van der Waals surface area contributed by atoms with Gasteiger partial charge >= 0.3 is 0 Å². The molecule has 0 aromatic carbocycles. The van der Waals surface area contributed by atoms with E-state index in [1.54, 1.807) is 12.3 Å². The number of hydrogen-bond acceptors (Lipinski definition) is 6. The highest BCUT2D eigenvalue weighted by Gasteiger charge is 2.33. The van der Waals surface area contributed by atoms with Crippen LogP contribution < -0.4 is 9.64 Å². The summed E-state index contributed by atoms with van der Waals surface area (Å²) < 4.78 is 4.99. The molecule has 2 rings (SSSR count). The number of ether oxygens (including phenoxy) is 1. The van der Waals surface area contributed by atoms with Gasteiger partial charge in [-0.3, -0.25) is 14.5 Å². The molecule has 1 atom stereocenters. The van der Waals surface area contributed by atoms with Crippen LogP contribution in [0.5, 0.6) is 5.88 Å². The zero-order chi connectivity index (χ0) is 13.1. The maximum absolute atomic E-state index is 11.8. The average molecular weight is 267 g/mol. The predicted octanol–water partition coefficient (Wildman–Crippen LogP) is 0.870. The molecule has 18 heavy (non-hydrogen) atoms. The molecule has 0 spiro atoms. The molecule has 0 N–H and O–H groups in total. The predicted molar refractivity (Wildman–Crippen MR) is 67.6 cm³/mol. The van der Waals surface area contributed by atoms with E-state index in [1.807, 2.05) is 0 Å². The van der Waals surface area contributed by atoms with E-state index >= 15 is 0 Å². The van der Waals surface area contributed by atoms with Crippen LogP contribution in [0.3, 0.4) is 0 Å². The minimum atomic E-state index is -0.0676. The molecule has 2 heterocycles. The molecule has 1 fully saturated rings. The molecule has 6 nitrogen and oxygen atoms in total. The lowest BCUT2D eigenvalue weighted by Gasteiger charge is -2.14. The van der Waals surface area contributed by atoms with Crippen LogP contribution in [0.1, 0.15) is 13.3 Å². The lowest BCUT2D eigenvalue weighted by molar-refractivity contribution is -0.117. The largest absolute Gasteiger partial charge is 0.481 e. The van der Waals surface area contributed by atoms with Crippen molar-refractivity contribution in [1.29, 1.82) is 0 Å². The van der Waals surface area contributed by atoms with Crippen LogP contribution in [-0.2, 0) is 9.59 Å². The quantitative estimate of drug-likeness (QED) is 0.809. The van der Waals surface area contributed by atoms with Crippen LogP contribution in [0, 0.1) is 0 Å². The summed E-state index contributed by atoms with van der Waals surface area (Å²) in [5.74, 6) is 0.670. The van der Waals surface area contributed by atoms with Gasteiger partial charge in [-0.15, -0.1) is 0 Å². The van der Waals surface area contributed by atoms with Gasteiger partial charge in [0.15, 0.2) is 5.12 Å². The van der Waals surface area contributed by atoms with Crippen LogP contribution in [0.15, 0.2) is 12.3 Å². The number of anilines is 1. The van der Waals surface area contributed by atoms with Gasteiger partial charge in [-0.1, -0.05) is 11.8 Å². The SMILES string of the molecule is COc1ccnc(N2CC(SC(C)=O)CC2=O)n1. The van der Waals surface area contributed by atoms with E-state index in [0.717, 1.165) is 0 Å². The molecule has 7 heteroatoms. The van der Waals surface area contributed by atoms with Crippen LogP contribution in [0.25, 0.3) is 0 Å². The maximum Gasteiger partial charge on any atom is 0.235 e. The summed E-state index contributed by atoms with van der Waals surface area (Å²) in [6.07, 6.45) is 1.88. The summed E-state index contributed by atoms with van der Waals surface area (Å²) in [5.41, 5.74) is 0. The van der Waals surface area contributed by atoms with Gasteiger partial charge in [0.1, 0.15) is 0 Å². The van der Waals surface area contributed by atoms with E-state index in [-0.39, 0.29) is 16.3 Å². The Kier molecular flexibility index (Phi) is 3.81. The smallest absolute Gasteiger partial charge is 0.235 e. The van der Waals surface area contributed by atoms with E-state index in [1.165, 1.54) is 30.7 Å². The van der Waals surface area contributed by atoms with Crippen molar-refractivity contribution in [2.45, 2.75) is 18.6 Å². The number of thioether (sulfide) groups is 1. The first-order valence-electron chi connectivity index (χ1n) is 5.44. The first-order valence-corrected chi connectivity index (χ1v) is 6.32. The Morgan fingerprint density at radius 2 is 2.39 bits per heavy atom. The second kappa shape index (κ2) is 5.34. The van der Waals surface area contributed by atoms with Gasteiger partial charge in [0.05, 0.1) is 7.11 Å². The molecular weight excluding hydrogens is 254 g/mol. The number of carbonyl (C=O) groups is 2. The van der Waals surface area contributed by atoms with Crippen molar-refractivity contribution in [2.24, 2.45) is 0 Å². The number of amides is 1. The third kappa shape index (κ3) is 2.79.